The minimum absolute atomic E-state index is 0.0355. The van der Waals surface area contributed by atoms with Crippen LogP contribution in [0.15, 0.2) is 29.1 Å². The maximum Gasteiger partial charge on any atom is 0.353 e. The molecule has 128 valence electrons. The summed E-state index contributed by atoms with van der Waals surface area (Å²) in [6, 6.07) is 1.85. The van der Waals surface area contributed by atoms with E-state index in [1.54, 1.807) is 6.20 Å². The number of unbranched alkanes of at least 4 members (excludes halogenated alkanes) is 1. The van der Waals surface area contributed by atoms with Gasteiger partial charge in [0.2, 0.25) is 5.91 Å². The number of hydrogen-bond acceptors (Lipinski definition) is 4. The molecule has 2 unspecified atom stereocenters. The van der Waals surface area contributed by atoms with E-state index in [9.17, 15) is 14.7 Å². The molecule has 1 saturated heterocycles. The van der Waals surface area contributed by atoms with Gasteiger partial charge in [-0.2, -0.15) is 0 Å². The number of aliphatic carboxylic acids is 1. The number of carboxylic acid groups (broad SMARTS) is 1. The zero-order chi connectivity index (χ0) is 17.4. The predicted octanol–water partition coefficient (Wildman–Crippen LogP) is 2.98. The molecule has 2 aliphatic heterocycles. The van der Waals surface area contributed by atoms with E-state index in [4.69, 9.17) is 0 Å². The van der Waals surface area contributed by atoms with Crippen LogP contribution in [0, 0.1) is 5.92 Å². The number of pyridine rings is 1. The third-order valence-corrected chi connectivity index (χ3v) is 5.60. The highest BCUT2D eigenvalue weighted by atomic mass is 32.1. The summed E-state index contributed by atoms with van der Waals surface area (Å²) < 4.78 is 0. The Labute approximate surface area is 147 Å². The molecule has 3 heterocycles. The molecule has 0 bridgehead atoms. The van der Waals surface area contributed by atoms with Crippen molar-refractivity contribution in [3.63, 3.8) is 0 Å². The molecule has 2 aliphatic rings. The molecule has 3 atom stereocenters. The number of carbonyl (C=O) groups is 2. The van der Waals surface area contributed by atoms with Crippen molar-refractivity contribution in [2.75, 3.05) is 0 Å². The number of thiol groups is 1. The second-order valence-corrected chi connectivity index (χ2v) is 6.89. The third-order valence-electron chi connectivity index (χ3n) is 5.11. The maximum absolute atomic E-state index is 12.3. The highest BCUT2D eigenvalue weighted by molar-refractivity contribution is 7.84. The van der Waals surface area contributed by atoms with Crippen molar-refractivity contribution in [1.29, 1.82) is 0 Å². The van der Waals surface area contributed by atoms with Crippen molar-refractivity contribution in [1.82, 2.24) is 9.88 Å². The van der Waals surface area contributed by atoms with Crippen molar-refractivity contribution < 1.29 is 14.7 Å². The van der Waals surface area contributed by atoms with E-state index in [0.29, 0.717) is 11.3 Å². The number of aryl methyl sites for hydroxylation is 1. The van der Waals surface area contributed by atoms with E-state index in [0.717, 1.165) is 24.8 Å². The number of aromatic nitrogens is 1. The molecule has 0 spiro atoms. The first-order valence-electron chi connectivity index (χ1n) is 8.45. The van der Waals surface area contributed by atoms with Crippen molar-refractivity contribution in [3.05, 3.63) is 40.2 Å². The van der Waals surface area contributed by atoms with E-state index in [1.807, 2.05) is 19.2 Å². The molecule has 24 heavy (non-hydrogen) atoms. The number of carbonyl (C=O) groups excluding carboxylic acids is 1. The lowest BCUT2D eigenvalue weighted by Crippen LogP contribution is -2.59. The molecule has 1 amide bonds. The molecule has 3 rings (SSSR count). The van der Waals surface area contributed by atoms with Crippen LogP contribution in [0.2, 0.25) is 0 Å². The molecule has 1 fully saturated rings. The Balaban J connectivity index is 2.06. The van der Waals surface area contributed by atoms with Gasteiger partial charge in [0.15, 0.2) is 0 Å². The summed E-state index contributed by atoms with van der Waals surface area (Å²) in [6.07, 6.45) is 7.35. The van der Waals surface area contributed by atoms with Gasteiger partial charge in [-0.1, -0.05) is 20.3 Å². The molecule has 1 aromatic rings. The summed E-state index contributed by atoms with van der Waals surface area (Å²) in [4.78, 5) is 30.2. The molecular weight excluding hydrogens is 324 g/mol. The molecule has 1 aromatic heterocycles. The predicted molar refractivity (Wildman–Crippen MR) is 93.7 cm³/mol. The standard InChI is InChI=1S/C18H22N2O3S/c1-3-5-6-10-7-8-19-9-12(10)13-14-11(4-2)17(21)20(14)15(16(13)24)18(22)23/h7-9,11,13-14,24H,3-6H2,1-2H3,(H,22,23)/t11-,13?,14?/m1/s1. The molecule has 6 heteroatoms. The van der Waals surface area contributed by atoms with E-state index >= 15 is 0 Å². The number of β-lactam (4-membered cyclic amide) rings is 1. The topological polar surface area (TPSA) is 70.5 Å². The fourth-order valence-corrected chi connectivity index (χ4v) is 4.41. The average molecular weight is 346 g/mol. The average Bonchev–Trinajstić information content (AvgIpc) is 2.83. The number of amides is 1. The summed E-state index contributed by atoms with van der Waals surface area (Å²) in [6.45, 7) is 4.11. The van der Waals surface area contributed by atoms with Gasteiger partial charge < -0.3 is 10.0 Å². The molecule has 0 aliphatic carbocycles. The van der Waals surface area contributed by atoms with Crippen LogP contribution >= 0.6 is 12.6 Å². The Kier molecular flexibility index (Phi) is 4.67. The van der Waals surface area contributed by atoms with Crippen LogP contribution in [-0.2, 0) is 16.0 Å². The Bertz CT molecular complexity index is 716. The number of hydrogen-bond donors (Lipinski definition) is 2. The second-order valence-electron chi connectivity index (χ2n) is 6.41. The highest BCUT2D eigenvalue weighted by Crippen LogP contribution is 2.53. The SMILES string of the molecule is CCCCc1ccncc1C1C(S)=C(C(=O)O)N2C(=O)[C@H](CC)C12. The van der Waals surface area contributed by atoms with Crippen LogP contribution in [0.1, 0.15) is 50.2 Å². The first kappa shape index (κ1) is 17.0. The van der Waals surface area contributed by atoms with Crippen LogP contribution in [0.3, 0.4) is 0 Å². The van der Waals surface area contributed by atoms with Gasteiger partial charge in [-0.05, 0) is 36.5 Å². The molecule has 0 aromatic carbocycles. The van der Waals surface area contributed by atoms with Gasteiger partial charge in [0.05, 0.1) is 12.0 Å². The zero-order valence-corrected chi connectivity index (χ0v) is 14.8. The fraction of sp³-hybridized carbons (Fsp3) is 0.500. The first-order chi connectivity index (χ1) is 11.5. The Hall–Kier alpha value is -1.82. The summed E-state index contributed by atoms with van der Waals surface area (Å²) in [7, 11) is 0. The van der Waals surface area contributed by atoms with E-state index in [1.165, 1.54) is 10.5 Å². The fourth-order valence-electron chi connectivity index (χ4n) is 3.91. The Morgan fingerprint density at radius 3 is 2.79 bits per heavy atom. The van der Waals surface area contributed by atoms with Crippen LogP contribution in [0.25, 0.3) is 0 Å². The van der Waals surface area contributed by atoms with Crippen molar-refractivity contribution in [2.45, 2.75) is 51.5 Å². The minimum Gasteiger partial charge on any atom is -0.477 e. The van der Waals surface area contributed by atoms with Gasteiger partial charge in [-0.3, -0.25) is 9.78 Å². The molecule has 1 N–H and O–H groups in total. The summed E-state index contributed by atoms with van der Waals surface area (Å²) in [5, 5.41) is 9.54. The number of fused-ring (bicyclic) bond motifs is 1. The summed E-state index contributed by atoms with van der Waals surface area (Å²) in [5.41, 5.74) is 2.21. The normalized spacial score (nSPS) is 25.7. The van der Waals surface area contributed by atoms with Gasteiger partial charge in [-0.15, -0.1) is 12.6 Å². The lowest BCUT2D eigenvalue weighted by atomic mass is 9.76. The number of carboxylic acids is 1. The van der Waals surface area contributed by atoms with Crippen molar-refractivity contribution in [2.24, 2.45) is 5.92 Å². The van der Waals surface area contributed by atoms with E-state index < -0.39 is 5.97 Å². The third kappa shape index (κ3) is 2.44. The maximum atomic E-state index is 12.3. The summed E-state index contributed by atoms with van der Waals surface area (Å²) in [5.74, 6) is -1.53. The van der Waals surface area contributed by atoms with Gasteiger partial charge in [0.25, 0.3) is 0 Å². The molecular formula is C18H22N2O3S. The van der Waals surface area contributed by atoms with E-state index in [-0.39, 0.29) is 29.5 Å². The highest BCUT2D eigenvalue weighted by Gasteiger charge is 2.59. The molecule has 0 saturated carbocycles. The first-order valence-corrected chi connectivity index (χ1v) is 8.89. The van der Waals surface area contributed by atoms with Crippen LogP contribution < -0.4 is 0 Å². The number of nitrogens with zero attached hydrogens (tertiary/aromatic N) is 2. The largest absolute Gasteiger partial charge is 0.477 e. The monoisotopic (exact) mass is 346 g/mol. The quantitative estimate of drug-likeness (QED) is 0.614. The lowest BCUT2D eigenvalue weighted by Gasteiger charge is -2.45. The number of rotatable bonds is 6. The van der Waals surface area contributed by atoms with Crippen LogP contribution in [0.5, 0.6) is 0 Å². The van der Waals surface area contributed by atoms with Gasteiger partial charge >= 0.3 is 5.97 Å². The van der Waals surface area contributed by atoms with Crippen molar-refractivity contribution >= 4 is 24.5 Å². The summed E-state index contributed by atoms with van der Waals surface area (Å²) >= 11 is 4.53. The second kappa shape index (κ2) is 6.59. The lowest BCUT2D eigenvalue weighted by molar-refractivity contribution is -0.155. The van der Waals surface area contributed by atoms with E-state index in [2.05, 4.69) is 24.5 Å². The van der Waals surface area contributed by atoms with Gasteiger partial charge in [0, 0.05) is 23.2 Å². The van der Waals surface area contributed by atoms with Crippen LogP contribution in [0.4, 0.5) is 0 Å². The molecule has 0 radical (unpaired) electrons. The van der Waals surface area contributed by atoms with Gasteiger partial charge in [-0.25, -0.2) is 4.79 Å². The van der Waals surface area contributed by atoms with Gasteiger partial charge in [0.1, 0.15) is 5.70 Å². The zero-order valence-electron chi connectivity index (χ0n) is 13.9. The smallest absolute Gasteiger partial charge is 0.353 e. The Morgan fingerprint density at radius 1 is 1.42 bits per heavy atom. The van der Waals surface area contributed by atoms with Crippen LogP contribution in [-0.4, -0.2) is 32.9 Å². The van der Waals surface area contributed by atoms with Crippen molar-refractivity contribution in [3.8, 4) is 0 Å². The minimum atomic E-state index is -1.09. The molecule has 5 nitrogen and oxygen atoms in total. The Morgan fingerprint density at radius 2 is 2.17 bits per heavy atom.